The van der Waals surface area contributed by atoms with Gasteiger partial charge < -0.3 is 8.98 Å². The van der Waals surface area contributed by atoms with Crippen molar-refractivity contribution in [2.45, 2.75) is 83.4 Å². The summed E-state index contributed by atoms with van der Waals surface area (Å²) in [5.41, 5.74) is 11.4. The van der Waals surface area contributed by atoms with Crippen molar-refractivity contribution in [2.24, 2.45) is 0 Å². The molecule has 3 heterocycles. The van der Waals surface area contributed by atoms with Gasteiger partial charge in [-0.3, -0.25) is 4.98 Å². The van der Waals surface area contributed by atoms with E-state index in [0.717, 1.165) is 61.2 Å². The SMILES string of the molecule is CC(C)c1cccc(C(C)C)c1-n1c(-c2[c-]cc3oc4cc5ccc6ccccc6c5cc4c3c2)nc2ccccc21.[2H]C([2H])([2H])c1c[c-]c(-c2cc(C([2H])(C)C)[c]([Ge]([CH3])([CH3])[CH3])cn2)cc1.[Ir]. The number of nitrogens with zero attached hydrogens (tertiary/aromatic N) is 3. The topological polar surface area (TPSA) is 43.9 Å². The molecule has 319 valence electrons. The van der Waals surface area contributed by atoms with Crippen LogP contribution in [-0.2, 0) is 20.1 Å². The first kappa shape index (κ1) is 39.3. The van der Waals surface area contributed by atoms with Crippen molar-refractivity contribution < 1.29 is 30.0 Å². The number of rotatable bonds is 7. The molecule has 10 rings (SSSR count). The molecule has 0 aliphatic heterocycles. The summed E-state index contributed by atoms with van der Waals surface area (Å²) in [7, 11) is 0. The van der Waals surface area contributed by atoms with Crippen molar-refractivity contribution in [1.29, 1.82) is 0 Å². The number of hydrogen-bond donors (Lipinski definition) is 0. The van der Waals surface area contributed by atoms with E-state index >= 15 is 0 Å². The molecule has 0 aliphatic rings. The van der Waals surface area contributed by atoms with Crippen LogP contribution in [0.15, 0.2) is 138 Å². The molecule has 3 aromatic heterocycles. The van der Waals surface area contributed by atoms with Gasteiger partial charge in [-0.05, 0) is 68.8 Å². The van der Waals surface area contributed by atoms with Gasteiger partial charge in [0.2, 0.25) is 0 Å². The molecule has 0 N–H and O–H groups in total. The van der Waals surface area contributed by atoms with E-state index in [4.69, 9.17) is 14.9 Å². The Morgan fingerprint density at radius 2 is 1.35 bits per heavy atom. The number of para-hydroxylation sites is 3. The molecule has 7 aromatic carbocycles. The standard InChI is InChI=1S/C39H31N2O.C18H24GeN.Ir/c1-23(2)28-12-9-13-29(24(3)4)38(28)41-35-15-8-7-14-34(35)40-39(41)27-18-19-36-32(20-27)33-22-31-26(21-37(33)42-36)17-16-25-10-5-6-11-30(25)31;1-13(2)16-11-18(15-9-7-14(3)8-10-15)20-12-17(16)19(4,5)6;/h5-17,19-24H,1-4H3;7-9,11-13H,1-6H3;/q2*-1;/i;3D3,13D;. The third-order valence-electron chi connectivity index (χ3n) is 12.0. The average molecular weight is 1070 g/mol. The Kier molecular flexibility index (Phi) is 11.0. The van der Waals surface area contributed by atoms with Gasteiger partial charge in [-0.15, -0.1) is 23.8 Å². The van der Waals surface area contributed by atoms with Crippen LogP contribution < -0.4 is 4.40 Å². The van der Waals surface area contributed by atoms with Crippen LogP contribution >= 0.6 is 0 Å². The maximum Gasteiger partial charge on any atom is 0 e. The van der Waals surface area contributed by atoms with E-state index in [0.29, 0.717) is 11.8 Å². The fraction of sp³-hybridized carbons (Fsp3) is 0.228. The normalized spacial score (nSPS) is 13.3. The Bertz CT molecular complexity index is 3420. The third kappa shape index (κ3) is 8.44. The van der Waals surface area contributed by atoms with E-state index in [-0.39, 0.29) is 25.7 Å². The van der Waals surface area contributed by atoms with Crippen LogP contribution in [-0.4, -0.2) is 27.8 Å². The smallest absolute Gasteiger partial charge is 0 e. The van der Waals surface area contributed by atoms with E-state index in [1.807, 2.05) is 32.2 Å². The minimum absolute atomic E-state index is 0. The molecular weight excluding hydrogens is 1010 g/mol. The van der Waals surface area contributed by atoms with Crippen molar-refractivity contribution in [3.05, 3.63) is 168 Å². The van der Waals surface area contributed by atoms with Crippen LogP contribution in [0.4, 0.5) is 0 Å². The molecule has 6 heteroatoms. The van der Waals surface area contributed by atoms with E-state index < -0.39 is 26.0 Å². The molecule has 0 amide bonds. The summed E-state index contributed by atoms with van der Waals surface area (Å²) in [6, 6.07) is 50.1. The van der Waals surface area contributed by atoms with Crippen LogP contribution in [0, 0.1) is 19.0 Å². The van der Waals surface area contributed by atoms with Gasteiger partial charge in [-0.2, -0.15) is 0 Å². The number of imidazole rings is 1. The van der Waals surface area contributed by atoms with Crippen molar-refractivity contribution in [3.63, 3.8) is 0 Å². The first-order chi connectivity index (χ1) is 31.3. The molecule has 0 bridgehead atoms. The largest absolute Gasteiger partial charge is 0 e. The van der Waals surface area contributed by atoms with Crippen molar-refractivity contribution >= 4 is 72.2 Å². The van der Waals surface area contributed by atoms with Gasteiger partial charge in [0.05, 0.1) is 22.4 Å². The van der Waals surface area contributed by atoms with Gasteiger partial charge in [0.1, 0.15) is 5.58 Å². The van der Waals surface area contributed by atoms with E-state index in [2.05, 4.69) is 164 Å². The van der Waals surface area contributed by atoms with Crippen LogP contribution in [0.3, 0.4) is 0 Å². The van der Waals surface area contributed by atoms with Crippen molar-refractivity contribution in [3.8, 4) is 28.3 Å². The molecule has 0 spiro atoms. The maximum atomic E-state index is 8.49. The molecule has 0 aliphatic carbocycles. The van der Waals surface area contributed by atoms with Crippen LogP contribution in [0.2, 0.25) is 17.3 Å². The molecule has 0 unspecified atom stereocenters. The molecule has 0 atom stereocenters. The Morgan fingerprint density at radius 3 is 2.05 bits per heavy atom. The van der Waals surface area contributed by atoms with Crippen LogP contribution in [0.5, 0.6) is 0 Å². The monoisotopic (exact) mass is 1070 g/mol. The second-order valence-electron chi connectivity index (χ2n) is 18.3. The molecule has 10 aromatic rings. The fourth-order valence-electron chi connectivity index (χ4n) is 8.75. The summed E-state index contributed by atoms with van der Waals surface area (Å²) in [6.07, 6.45) is 1.91. The predicted octanol–water partition coefficient (Wildman–Crippen LogP) is 15.5. The van der Waals surface area contributed by atoms with Crippen molar-refractivity contribution in [1.82, 2.24) is 14.5 Å². The number of fused-ring (bicyclic) bond motifs is 7. The van der Waals surface area contributed by atoms with E-state index in [9.17, 15) is 0 Å². The first-order valence-corrected chi connectivity index (χ1v) is 29.0. The molecular formula is C57H55GeIrN3O-2. The Hall–Kier alpha value is -5.33. The summed E-state index contributed by atoms with van der Waals surface area (Å²) in [5, 5.41) is 7.09. The Labute approximate surface area is 394 Å². The minimum atomic E-state index is -2.14. The number of furan rings is 1. The summed E-state index contributed by atoms with van der Waals surface area (Å²) in [4.78, 5) is 9.80. The average Bonchev–Trinajstić information content (AvgIpc) is 3.85. The molecule has 4 nitrogen and oxygen atoms in total. The summed E-state index contributed by atoms with van der Waals surface area (Å²) >= 11 is -2.14. The maximum absolute atomic E-state index is 8.49. The van der Waals surface area contributed by atoms with Crippen LogP contribution in [0.25, 0.3) is 82.8 Å². The van der Waals surface area contributed by atoms with Gasteiger partial charge in [0, 0.05) is 31.2 Å². The first-order valence-electron chi connectivity index (χ1n) is 23.6. The molecule has 1 radical (unpaired) electrons. The van der Waals surface area contributed by atoms with Gasteiger partial charge in [-0.1, -0.05) is 99.8 Å². The number of aromatic nitrogens is 3. The Balaban J connectivity index is 0.000000209. The molecule has 0 saturated heterocycles. The second kappa shape index (κ2) is 17.7. The third-order valence-corrected chi connectivity index (χ3v) is 16.2. The number of hydrogen-bond acceptors (Lipinski definition) is 3. The minimum Gasteiger partial charge on any atom is 0 e. The molecule has 0 saturated carbocycles. The molecule has 0 fully saturated rings. The summed E-state index contributed by atoms with van der Waals surface area (Å²) in [5.74, 6) is 7.80. The number of pyridine rings is 1. The van der Waals surface area contributed by atoms with E-state index in [1.54, 1.807) is 12.1 Å². The van der Waals surface area contributed by atoms with Gasteiger partial charge in [0.25, 0.3) is 0 Å². The quantitative estimate of drug-likeness (QED) is 0.0907. The van der Waals surface area contributed by atoms with E-state index in [1.165, 1.54) is 48.8 Å². The van der Waals surface area contributed by atoms with Gasteiger partial charge in [-0.25, -0.2) is 0 Å². The van der Waals surface area contributed by atoms with Gasteiger partial charge in [0.15, 0.2) is 0 Å². The summed E-state index contributed by atoms with van der Waals surface area (Å²) in [6.45, 7) is 10.7. The number of aryl methyl sites for hydroxylation is 1. The van der Waals surface area contributed by atoms with Gasteiger partial charge >= 0.3 is 131 Å². The Morgan fingerprint density at radius 1 is 0.651 bits per heavy atom. The zero-order chi connectivity index (χ0) is 46.9. The zero-order valence-corrected chi connectivity index (χ0v) is 41.9. The number of benzene rings is 7. The fourth-order valence-corrected chi connectivity index (χ4v) is 12.1. The zero-order valence-electron chi connectivity index (χ0n) is 41.4. The predicted molar refractivity (Wildman–Crippen MR) is 266 cm³/mol. The van der Waals surface area contributed by atoms with Crippen LogP contribution in [0.1, 0.15) is 87.0 Å². The summed E-state index contributed by atoms with van der Waals surface area (Å²) < 4.78 is 40.8. The second-order valence-corrected chi connectivity index (χ2v) is 28.9. The van der Waals surface area contributed by atoms with Crippen molar-refractivity contribution in [2.75, 3.05) is 0 Å². The molecule has 63 heavy (non-hydrogen) atoms.